The zero-order chi connectivity index (χ0) is 18.0. The van der Waals surface area contributed by atoms with Crippen molar-refractivity contribution in [1.29, 1.82) is 0 Å². The van der Waals surface area contributed by atoms with Gasteiger partial charge in [0.2, 0.25) is 16.0 Å². The molecule has 2 N–H and O–H groups in total. The van der Waals surface area contributed by atoms with Crippen molar-refractivity contribution in [1.82, 2.24) is 14.3 Å². The number of anilines is 1. The van der Waals surface area contributed by atoms with E-state index in [0.717, 1.165) is 35.9 Å². The van der Waals surface area contributed by atoms with Crippen molar-refractivity contribution in [2.24, 2.45) is 0 Å². The van der Waals surface area contributed by atoms with Gasteiger partial charge in [0.1, 0.15) is 0 Å². The standard InChI is InChI=1S/C19H22N4O2S/c24-26(25,23-11-4-1-5-12-23)16-8-6-7-15(13-16)14-20-19-21-17-9-2-3-10-18(17)22-19/h2-3,6-10,13H,1,4-5,11-12,14H2,(H2,20,21,22). The van der Waals surface area contributed by atoms with E-state index in [1.54, 1.807) is 22.5 Å². The fraction of sp³-hybridized carbons (Fsp3) is 0.316. The SMILES string of the molecule is O=S(=O)(c1cccc(CNc2nc3ccccc3[nH]2)c1)N1CCCCC1. The molecule has 1 saturated heterocycles. The van der Waals surface area contributed by atoms with Gasteiger partial charge in [-0.25, -0.2) is 13.4 Å². The number of sulfonamides is 1. The predicted octanol–water partition coefficient (Wildman–Crippen LogP) is 3.35. The highest BCUT2D eigenvalue weighted by atomic mass is 32.2. The number of nitrogens with zero attached hydrogens (tertiary/aromatic N) is 2. The van der Waals surface area contributed by atoms with E-state index < -0.39 is 10.0 Å². The molecule has 1 fully saturated rings. The van der Waals surface area contributed by atoms with Crippen LogP contribution in [0.3, 0.4) is 0 Å². The van der Waals surface area contributed by atoms with E-state index in [0.29, 0.717) is 30.5 Å². The van der Waals surface area contributed by atoms with Crippen LogP contribution in [0.4, 0.5) is 5.95 Å². The van der Waals surface area contributed by atoms with Gasteiger partial charge in [0.05, 0.1) is 15.9 Å². The lowest BCUT2D eigenvalue weighted by Gasteiger charge is -2.26. The molecule has 0 unspecified atom stereocenters. The maximum absolute atomic E-state index is 12.8. The van der Waals surface area contributed by atoms with Gasteiger partial charge in [-0.15, -0.1) is 0 Å². The summed E-state index contributed by atoms with van der Waals surface area (Å²) < 4.78 is 27.2. The Labute approximate surface area is 153 Å². The van der Waals surface area contributed by atoms with E-state index in [1.165, 1.54) is 0 Å². The Balaban J connectivity index is 1.50. The highest BCUT2D eigenvalue weighted by molar-refractivity contribution is 7.89. The maximum atomic E-state index is 12.8. The van der Waals surface area contributed by atoms with Gasteiger partial charge in [0, 0.05) is 19.6 Å². The lowest BCUT2D eigenvalue weighted by Crippen LogP contribution is -2.35. The molecule has 136 valence electrons. The Morgan fingerprint density at radius 1 is 1.04 bits per heavy atom. The number of H-pyrrole nitrogens is 1. The minimum Gasteiger partial charge on any atom is -0.352 e. The van der Waals surface area contributed by atoms with Gasteiger partial charge < -0.3 is 10.3 Å². The van der Waals surface area contributed by atoms with Gasteiger partial charge >= 0.3 is 0 Å². The quantitative estimate of drug-likeness (QED) is 0.722. The summed E-state index contributed by atoms with van der Waals surface area (Å²) in [6.45, 7) is 1.73. The van der Waals surface area contributed by atoms with Crippen LogP contribution in [0.5, 0.6) is 0 Å². The zero-order valence-electron chi connectivity index (χ0n) is 14.5. The van der Waals surface area contributed by atoms with Crippen LogP contribution in [-0.2, 0) is 16.6 Å². The van der Waals surface area contributed by atoms with Crippen molar-refractivity contribution in [2.75, 3.05) is 18.4 Å². The second-order valence-corrected chi connectivity index (χ2v) is 8.51. The largest absolute Gasteiger partial charge is 0.352 e. The van der Waals surface area contributed by atoms with Crippen LogP contribution in [0.25, 0.3) is 11.0 Å². The molecule has 2 aromatic carbocycles. The molecular formula is C19H22N4O2S. The molecule has 4 rings (SSSR count). The summed E-state index contributed by atoms with van der Waals surface area (Å²) in [6.07, 6.45) is 2.98. The van der Waals surface area contributed by atoms with Crippen molar-refractivity contribution >= 4 is 27.0 Å². The molecule has 0 saturated carbocycles. The van der Waals surface area contributed by atoms with Crippen LogP contribution in [0.15, 0.2) is 53.4 Å². The van der Waals surface area contributed by atoms with Crippen LogP contribution < -0.4 is 5.32 Å². The van der Waals surface area contributed by atoms with Crippen molar-refractivity contribution in [3.05, 3.63) is 54.1 Å². The van der Waals surface area contributed by atoms with E-state index in [-0.39, 0.29) is 0 Å². The fourth-order valence-corrected chi connectivity index (χ4v) is 4.88. The number of para-hydroxylation sites is 2. The second kappa shape index (κ2) is 7.09. The number of piperidine rings is 1. The topological polar surface area (TPSA) is 78.1 Å². The number of hydrogen-bond acceptors (Lipinski definition) is 4. The van der Waals surface area contributed by atoms with Gasteiger partial charge in [-0.05, 0) is 42.7 Å². The van der Waals surface area contributed by atoms with E-state index in [2.05, 4.69) is 15.3 Å². The average Bonchev–Trinajstić information content (AvgIpc) is 3.10. The summed E-state index contributed by atoms with van der Waals surface area (Å²) in [5.41, 5.74) is 2.77. The third-order valence-corrected chi connectivity index (χ3v) is 6.60. The number of nitrogens with one attached hydrogen (secondary N) is 2. The third kappa shape index (κ3) is 3.45. The molecule has 0 atom stereocenters. The summed E-state index contributed by atoms with van der Waals surface area (Å²) in [7, 11) is -3.41. The molecule has 1 aromatic heterocycles. The molecule has 3 aromatic rings. The van der Waals surface area contributed by atoms with Crippen molar-refractivity contribution in [2.45, 2.75) is 30.7 Å². The lowest BCUT2D eigenvalue weighted by molar-refractivity contribution is 0.346. The third-order valence-electron chi connectivity index (χ3n) is 4.70. The highest BCUT2D eigenvalue weighted by Gasteiger charge is 2.25. The summed E-state index contributed by atoms with van der Waals surface area (Å²) in [5, 5.41) is 3.23. The molecule has 2 heterocycles. The van der Waals surface area contributed by atoms with Crippen LogP contribution in [0.2, 0.25) is 0 Å². The Morgan fingerprint density at radius 2 is 1.85 bits per heavy atom. The van der Waals surface area contributed by atoms with Gasteiger partial charge in [0.15, 0.2) is 0 Å². The minimum atomic E-state index is -3.41. The molecule has 1 aliphatic rings. The monoisotopic (exact) mass is 370 g/mol. The summed E-state index contributed by atoms with van der Waals surface area (Å²) in [6, 6.07) is 15.0. The van der Waals surface area contributed by atoms with Gasteiger partial charge in [-0.1, -0.05) is 30.7 Å². The molecule has 7 heteroatoms. The molecule has 0 radical (unpaired) electrons. The first-order valence-electron chi connectivity index (χ1n) is 8.91. The van der Waals surface area contributed by atoms with Crippen LogP contribution in [0, 0.1) is 0 Å². The molecule has 0 amide bonds. The zero-order valence-corrected chi connectivity index (χ0v) is 15.3. The maximum Gasteiger partial charge on any atom is 0.243 e. The molecule has 0 bridgehead atoms. The summed E-state index contributed by atoms with van der Waals surface area (Å²) >= 11 is 0. The Kier molecular flexibility index (Phi) is 4.65. The van der Waals surface area contributed by atoms with Crippen LogP contribution >= 0.6 is 0 Å². The van der Waals surface area contributed by atoms with Crippen LogP contribution in [-0.4, -0.2) is 35.8 Å². The highest BCUT2D eigenvalue weighted by Crippen LogP contribution is 2.22. The Morgan fingerprint density at radius 3 is 2.65 bits per heavy atom. The molecular weight excluding hydrogens is 348 g/mol. The minimum absolute atomic E-state index is 0.364. The van der Waals surface area contributed by atoms with E-state index in [1.807, 2.05) is 30.3 Å². The van der Waals surface area contributed by atoms with Gasteiger partial charge in [0.25, 0.3) is 0 Å². The van der Waals surface area contributed by atoms with E-state index in [4.69, 9.17) is 0 Å². The molecule has 0 spiro atoms. The van der Waals surface area contributed by atoms with Crippen molar-refractivity contribution in [3.63, 3.8) is 0 Å². The smallest absolute Gasteiger partial charge is 0.243 e. The lowest BCUT2D eigenvalue weighted by atomic mass is 10.2. The fourth-order valence-electron chi connectivity index (χ4n) is 3.29. The predicted molar refractivity (Wildman–Crippen MR) is 102 cm³/mol. The molecule has 1 aliphatic heterocycles. The first-order valence-corrected chi connectivity index (χ1v) is 10.3. The normalized spacial score (nSPS) is 16.0. The van der Waals surface area contributed by atoms with E-state index in [9.17, 15) is 8.42 Å². The number of benzene rings is 2. The summed E-state index contributed by atoms with van der Waals surface area (Å²) in [4.78, 5) is 8.06. The van der Waals surface area contributed by atoms with Crippen molar-refractivity contribution < 1.29 is 8.42 Å². The first-order chi connectivity index (χ1) is 12.6. The number of aromatic amines is 1. The van der Waals surface area contributed by atoms with Gasteiger partial charge in [-0.3, -0.25) is 0 Å². The Hall–Kier alpha value is -2.38. The molecule has 0 aliphatic carbocycles. The average molecular weight is 370 g/mol. The number of aromatic nitrogens is 2. The Bertz CT molecular complexity index is 974. The van der Waals surface area contributed by atoms with Gasteiger partial charge in [-0.2, -0.15) is 4.31 Å². The second-order valence-electron chi connectivity index (χ2n) is 6.57. The number of rotatable bonds is 5. The molecule has 6 nitrogen and oxygen atoms in total. The number of imidazole rings is 1. The number of fused-ring (bicyclic) bond motifs is 1. The number of hydrogen-bond donors (Lipinski definition) is 2. The molecule has 26 heavy (non-hydrogen) atoms. The summed E-state index contributed by atoms with van der Waals surface area (Å²) in [5.74, 6) is 0.676. The van der Waals surface area contributed by atoms with Crippen LogP contribution in [0.1, 0.15) is 24.8 Å². The first kappa shape index (κ1) is 17.1. The van der Waals surface area contributed by atoms with Crippen molar-refractivity contribution in [3.8, 4) is 0 Å². The van der Waals surface area contributed by atoms with E-state index >= 15 is 0 Å².